The van der Waals surface area contributed by atoms with Crippen LogP contribution in [0.1, 0.15) is 37.0 Å². The summed E-state index contributed by atoms with van der Waals surface area (Å²) in [4.78, 5) is 11.8. The van der Waals surface area contributed by atoms with E-state index in [1.54, 1.807) is 6.92 Å². The fourth-order valence-electron chi connectivity index (χ4n) is 2.87. The van der Waals surface area contributed by atoms with Crippen LogP contribution in [0.3, 0.4) is 0 Å². The smallest absolute Gasteiger partial charge is 0.338 e. The van der Waals surface area contributed by atoms with Crippen molar-refractivity contribution in [3.8, 4) is 0 Å². The Labute approximate surface area is 137 Å². The van der Waals surface area contributed by atoms with E-state index < -0.39 is 16.0 Å². The Morgan fingerprint density at radius 1 is 1.35 bits per heavy atom. The number of carbonyl (C=O) groups excluding carboxylic acids is 1. The zero-order valence-electron chi connectivity index (χ0n) is 13.6. The average molecular weight is 340 g/mol. The topological polar surface area (TPSA) is 89.7 Å². The molecule has 1 aliphatic rings. The van der Waals surface area contributed by atoms with Crippen LogP contribution >= 0.6 is 0 Å². The van der Waals surface area contributed by atoms with Gasteiger partial charge in [-0.2, -0.15) is 4.31 Å². The van der Waals surface area contributed by atoms with E-state index in [1.165, 1.54) is 28.6 Å². The molecule has 0 saturated carbocycles. The van der Waals surface area contributed by atoms with Gasteiger partial charge in [0.1, 0.15) is 0 Å². The van der Waals surface area contributed by atoms with Crippen molar-refractivity contribution in [2.24, 2.45) is 11.7 Å². The van der Waals surface area contributed by atoms with Gasteiger partial charge in [0.2, 0.25) is 10.0 Å². The highest BCUT2D eigenvalue weighted by Crippen LogP contribution is 2.28. The van der Waals surface area contributed by atoms with Crippen molar-refractivity contribution in [3.63, 3.8) is 0 Å². The number of hydrogen-bond acceptors (Lipinski definition) is 5. The van der Waals surface area contributed by atoms with Crippen LogP contribution in [-0.2, 0) is 14.8 Å². The number of sulfonamides is 1. The number of nitrogens with two attached hydrogens (primary N) is 1. The molecular weight excluding hydrogens is 316 g/mol. The maximum Gasteiger partial charge on any atom is 0.338 e. The number of ether oxygens (including phenoxy) is 1. The van der Waals surface area contributed by atoms with Gasteiger partial charge < -0.3 is 10.5 Å². The van der Waals surface area contributed by atoms with Gasteiger partial charge in [-0.3, -0.25) is 0 Å². The quantitative estimate of drug-likeness (QED) is 0.823. The van der Waals surface area contributed by atoms with E-state index >= 15 is 0 Å². The van der Waals surface area contributed by atoms with Crippen LogP contribution in [0.15, 0.2) is 29.2 Å². The molecule has 0 bridgehead atoms. The largest absolute Gasteiger partial charge is 0.462 e. The van der Waals surface area contributed by atoms with Crippen molar-refractivity contribution in [2.75, 3.05) is 19.7 Å². The Morgan fingerprint density at radius 2 is 2.00 bits per heavy atom. The zero-order valence-corrected chi connectivity index (χ0v) is 14.4. The number of piperidine rings is 1. The highest BCUT2D eigenvalue weighted by molar-refractivity contribution is 7.89. The average Bonchev–Trinajstić information content (AvgIpc) is 2.54. The van der Waals surface area contributed by atoms with E-state index in [-0.39, 0.29) is 17.5 Å². The molecule has 2 rings (SSSR count). The summed E-state index contributed by atoms with van der Waals surface area (Å²) in [5.41, 5.74) is 6.10. The lowest BCUT2D eigenvalue weighted by Crippen LogP contribution is -2.49. The van der Waals surface area contributed by atoms with Crippen LogP contribution < -0.4 is 5.73 Å². The molecule has 1 fully saturated rings. The maximum atomic E-state index is 12.8. The second-order valence-corrected chi connectivity index (χ2v) is 7.77. The summed E-state index contributed by atoms with van der Waals surface area (Å²) in [7, 11) is -3.60. The minimum atomic E-state index is -3.60. The van der Waals surface area contributed by atoms with Crippen LogP contribution in [-0.4, -0.2) is 44.4 Å². The van der Waals surface area contributed by atoms with Gasteiger partial charge in [-0.05, 0) is 49.9 Å². The van der Waals surface area contributed by atoms with Crippen LogP contribution in [0, 0.1) is 5.92 Å². The van der Waals surface area contributed by atoms with Crippen molar-refractivity contribution in [1.29, 1.82) is 0 Å². The minimum absolute atomic E-state index is 0.173. The molecule has 1 heterocycles. The summed E-state index contributed by atoms with van der Waals surface area (Å²) < 4.78 is 32.0. The molecule has 0 aromatic heterocycles. The number of benzene rings is 1. The van der Waals surface area contributed by atoms with Gasteiger partial charge in [0, 0.05) is 19.1 Å². The third-order valence-corrected chi connectivity index (χ3v) is 6.13. The summed E-state index contributed by atoms with van der Waals surface area (Å²) in [5.74, 6) is 0.0178. The molecule has 1 aliphatic heterocycles. The third kappa shape index (κ3) is 3.91. The van der Waals surface area contributed by atoms with Gasteiger partial charge in [-0.15, -0.1) is 0 Å². The number of esters is 1. The molecule has 2 atom stereocenters. The zero-order chi connectivity index (χ0) is 17.0. The van der Waals surface area contributed by atoms with Crippen molar-refractivity contribution in [3.05, 3.63) is 29.8 Å². The Kier molecular flexibility index (Phi) is 5.78. The lowest BCUT2D eigenvalue weighted by molar-refractivity contribution is 0.0526. The van der Waals surface area contributed by atoms with Crippen LogP contribution in [0.25, 0.3) is 0 Å². The summed E-state index contributed by atoms with van der Waals surface area (Å²) >= 11 is 0. The van der Waals surface area contributed by atoms with Crippen molar-refractivity contribution < 1.29 is 17.9 Å². The molecule has 0 spiro atoms. The number of hydrogen-bond donors (Lipinski definition) is 1. The first-order valence-electron chi connectivity index (χ1n) is 7.89. The normalized spacial score (nSPS) is 22.7. The molecule has 7 heteroatoms. The Balaban J connectivity index is 2.23. The van der Waals surface area contributed by atoms with Crippen LogP contribution in [0.5, 0.6) is 0 Å². The number of carbonyl (C=O) groups is 1. The second-order valence-electron chi connectivity index (χ2n) is 5.88. The molecule has 128 valence electrons. The Morgan fingerprint density at radius 3 is 2.57 bits per heavy atom. The Bertz CT molecular complexity index is 643. The van der Waals surface area contributed by atoms with Crippen molar-refractivity contribution in [1.82, 2.24) is 4.31 Å². The summed E-state index contributed by atoms with van der Waals surface area (Å²) in [6, 6.07) is 5.69. The van der Waals surface area contributed by atoms with E-state index in [2.05, 4.69) is 6.92 Å². The second kappa shape index (κ2) is 7.42. The molecule has 0 radical (unpaired) electrons. The molecule has 0 amide bonds. The number of rotatable bonds is 5. The Hall–Kier alpha value is -1.44. The van der Waals surface area contributed by atoms with E-state index in [9.17, 15) is 13.2 Å². The monoisotopic (exact) mass is 340 g/mol. The van der Waals surface area contributed by atoms with Gasteiger partial charge in [-0.25, -0.2) is 13.2 Å². The lowest BCUT2D eigenvalue weighted by Gasteiger charge is -2.36. The summed E-state index contributed by atoms with van der Waals surface area (Å²) in [5, 5.41) is 0. The van der Waals surface area contributed by atoms with E-state index in [1.807, 2.05) is 0 Å². The molecule has 6 nitrogen and oxygen atoms in total. The first kappa shape index (κ1) is 17.9. The predicted molar refractivity (Wildman–Crippen MR) is 87.5 cm³/mol. The highest BCUT2D eigenvalue weighted by Gasteiger charge is 2.34. The summed E-state index contributed by atoms with van der Waals surface area (Å²) in [6.07, 6.45) is 1.60. The van der Waals surface area contributed by atoms with Gasteiger partial charge in [0.05, 0.1) is 17.1 Å². The van der Waals surface area contributed by atoms with Crippen molar-refractivity contribution >= 4 is 16.0 Å². The summed E-state index contributed by atoms with van der Waals surface area (Å²) in [6.45, 7) is 4.90. The molecule has 0 aliphatic carbocycles. The van der Waals surface area contributed by atoms with Gasteiger partial charge in [0.15, 0.2) is 0 Å². The van der Waals surface area contributed by atoms with Crippen LogP contribution in [0.2, 0.25) is 0 Å². The highest BCUT2D eigenvalue weighted by atomic mass is 32.2. The maximum absolute atomic E-state index is 12.8. The SMILES string of the molecule is CCOC(=O)c1ccc(S(=O)(=O)N2CCC(C)CC2CN)cc1. The molecule has 1 aromatic carbocycles. The van der Waals surface area contributed by atoms with Gasteiger partial charge >= 0.3 is 5.97 Å². The lowest BCUT2D eigenvalue weighted by atomic mass is 9.94. The van der Waals surface area contributed by atoms with E-state index in [0.717, 1.165) is 12.8 Å². The van der Waals surface area contributed by atoms with Crippen molar-refractivity contribution in [2.45, 2.75) is 37.6 Å². The first-order chi connectivity index (χ1) is 10.9. The molecule has 1 saturated heterocycles. The predicted octanol–water partition coefficient (Wildman–Crippen LogP) is 1.61. The fraction of sp³-hybridized carbons (Fsp3) is 0.562. The van der Waals surface area contributed by atoms with Gasteiger partial charge in [0.25, 0.3) is 0 Å². The standard InChI is InChI=1S/C16H24N2O4S/c1-3-22-16(19)13-4-6-15(7-5-13)23(20,21)18-9-8-12(2)10-14(18)11-17/h4-7,12,14H,3,8-11,17H2,1-2H3. The van der Waals surface area contributed by atoms with Crippen LogP contribution in [0.4, 0.5) is 0 Å². The third-order valence-electron chi connectivity index (χ3n) is 4.17. The number of nitrogens with zero attached hydrogens (tertiary/aromatic N) is 1. The van der Waals surface area contributed by atoms with E-state index in [4.69, 9.17) is 10.5 Å². The van der Waals surface area contributed by atoms with E-state index in [0.29, 0.717) is 24.6 Å². The van der Waals surface area contributed by atoms with Gasteiger partial charge in [-0.1, -0.05) is 6.92 Å². The first-order valence-corrected chi connectivity index (χ1v) is 9.33. The minimum Gasteiger partial charge on any atom is -0.462 e. The molecule has 2 unspecified atom stereocenters. The molecular formula is C16H24N2O4S. The molecule has 1 aromatic rings. The molecule has 23 heavy (non-hydrogen) atoms. The molecule has 2 N–H and O–H groups in total. The fourth-order valence-corrected chi connectivity index (χ4v) is 4.53.